The van der Waals surface area contributed by atoms with Gasteiger partial charge in [0, 0.05) is 6.04 Å². The summed E-state index contributed by atoms with van der Waals surface area (Å²) >= 11 is 0. The number of likely N-dealkylation sites (N-methyl/N-ethyl adjacent to an activating group) is 1. The normalized spacial score (nSPS) is 27.8. The standard InChI is InChI=1S/C13H23F4NO/c1-4-18-10-9(6-5-7-12(10,2)3)19-8-13(16,17)11(14)15/h9-11,18H,4-8H2,1-3H3. The monoisotopic (exact) mass is 285 g/mol. The van der Waals surface area contributed by atoms with Crippen molar-refractivity contribution in [1.82, 2.24) is 5.32 Å². The lowest BCUT2D eigenvalue weighted by atomic mass is 9.71. The van der Waals surface area contributed by atoms with Gasteiger partial charge in [-0.15, -0.1) is 0 Å². The Hall–Kier alpha value is -0.360. The summed E-state index contributed by atoms with van der Waals surface area (Å²) in [6.07, 6.45) is -1.66. The van der Waals surface area contributed by atoms with Gasteiger partial charge in [0.25, 0.3) is 0 Å². The van der Waals surface area contributed by atoms with Crippen LogP contribution in [0.3, 0.4) is 0 Å². The predicted octanol–water partition coefficient (Wildman–Crippen LogP) is 3.46. The highest BCUT2D eigenvalue weighted by molar-refractivity contribution is 4.94. The molecule has 0 bridgehead atoms. The van der Waals surface area contributed by atoms with Crippen molar-refractivity contribution in [3.63, 3.8) is 0 Å². The molecule has 6 heteroatoms. The van der Waals surface area contributed by atoms with Gasteiger partial charge in [-0.05, 0) is 24.8 Å². The average Bonchev–Trinajstić information content (AvgIpc) is 2.29. The summed E-state index contributed by atoms with van der Waals surface area (Å²) in [5, 5.41) is 3.23. The van der Waals surface area contributed by atoms with Gasteiger partial charge in [0.05, 0.1) is 6.10 Å². The van der Waals surface area contributed by atoms with Gasteiger partial charge in [-0.2, -0.15) is 8.78 Å². The Morgan fingerprint density at radius 1 is 1.37 bits per heavy atom. The van der Waals surface area contributed by atoms with E-state index in [0.717, 1.165) is 12.8 Å². The molecule has 114 valence electrons. The van der Waals surface area contributed by atoms with Crippen molar-refractivity contribution in [3.05, 3.63) is 0 Å². The fraction of sp³-hybridized carbons (Fsp3) is 1.00. The minimum atomic E-state index is -4.07. The number of ether oxygens (including phenoxy) is 1. The first kappa shape index (κ1) is 16.7. The Bertz CT molecular complexity index is 284. The van der Waals surface area contributed by atoms with Crippen molar-refractivity contribution in [2.75, 3.05) is 13.2 Å². The lowest BCUT2D eigenvalue weighted by Gasteiger charge is -2.44. The van der Waals surface area contributed by atoms with Crippen molar-refractivity contribution in [3.8, 4) is 0 Å². The van der Waals surface area contributed by atoms with Crippen LogP contribution in [0.4, 0.5) is 17.6 Å². The van der Waals surface area contributed by atoms with E-state index in [1.807, 2.05) is 20.8 Å². The van der Waals surface area contributed by atoms with Crippen molar-refractivity contribution < 1.29 is 22.3 Å². The first-order chi connectivity index (χ1) is 8.70. The Kier molecular flexibility index (Phi) is 5.62. The Morgan fingerprint density at radius 3 is 2.53 bits per heavy atom. The maximum absolute atomic E-state index is 12.9. The van der Waals surface area contributed by atoms with Gasteiger partial charge < -0.3 is 10.1 Å². The molecule has 1 fully saturated rings. The Morgan fingerprint density at radius 2 is 2.00 bits per heavy atom. The van der Waals surface area contributed by atoms with Crippen molar-refractivity contribution in [2.45, 2.75) is 64.5 Å². The minimum Gasteiger partial charge on any atom is -0.370 e. The van der Waals surface area contributed by atoms with Crippen LogP contribution in [0.2, 0.25) is 0 Å². The molecule has 1 saturated carbocycles. The molecule has 1 N–H and O–H groups in total. The van der Waals surface area contributed by atoms with Crippen LogP contribution in [0.15, 0.2) is 0 Å². The van der Waals surface area contributed by atoms with Crippen LogP contribution < -0.4 is 5.32 Å². The number of hydrogen-bond acceptors (Lipinski definition) is 2. The molecule has 2 atom stereocenters. The number of rotatable bonds is 6. The third-order valence-corrected chi connectivity index (χ3v) is 3.76. The SMILES string of the molecule is CCNC1C(OCC(F)(F)C(F)F)CCCC1(C)C. The molecule has 19 heavy (non-hydrogen) atoms. The molecule has 0 radical (unpaired) electrons. The van der Waals surface area contributed by atoms with Gasteiger partial charge in [-0.3, -0.25) is 0 Å². The van der Waals surface area contributed by atoms with E-state index in [-0.39, 0.29) is 11.5 Å². The van der Waals surface area contributed by atoms with Gasteiger partial charge >= 0.3 is 12.3 Å². The summed E-state index contributed by atoms with van der Waals surface area (Å²) in [6.45, 7) is 5.49. The fourth-order valence-electron chi connectivity index (χ4n) is 2.67. The second-order valence-corrected chi connectivity index (χ2v) is 5.83. The second-order valence-electron chi connectivity index (χ2n) is 5.83. The van der Waals surface area contributed by atoms with Crippen molar-refractivity contribution >= 4 is 0 Å². The molecule has 0 spiro atoms. The van der Waals surface area contributed by atoms with Crippen LogP contribution >= 0.6 is 0 Å². The molecule has 0 aromatic heterocycles. The van der Waals surface area contributed by atoms with Gasteiger partial charge in [-0.1, -0.05) is 27.2 Å². The fourth-order valence-corrected chi connectivity index (χ4v) is 2.67. The first-order valence-corrected chi connectivity index (χ1v) is 6.71. The zero-order valence-corrected chi connectivity index (χ0v) is 11.7. The van der Waals surface area contributed by atoms with E-state index in [2.05, 4.69) is 5.32 Å². The molecule has 0 amide bonds. The number of halogens is 4. The number of hydrogen-bond donors (Lipinski definition) is 1. The molecule has 1 aliphatic rings. The van der Waals surface area contributed by atoms with E-state index in [4.69, 9.17) is 4.74 Å². The molecule has 2 unspecified atom stereocenters. The summed E-state index contributed by atoms with van der Waals surface area (Å²) in [4.78, 5) is 0. The van der Waals surface area contributed by atoms with Crippen LogP contribution in [-0.4, -0.2) is 37.6 Å². The predicted molar refractivity (Wildman–Crippen MR) is 65.8 cm³/mol. The molecule has 0 saturated heterocycles. The topological polar surface area (TPSA) is 21.3 Å². The summed E-state index contributed by atoms with van der Waals surface area (Å²) in [5.74, 6) is -4.07. The molecule has 1 rings (SSSR count). The number of alkyl halides is 4. The lowest BCUT2D eigenvalue weighted by Crippen LogP contribution is -2.54. The van der Waals surface area contributed by atoms with E-state index in [9.17, 15) is 17.6 Å². The highest BCUT2D eigenvalue weighted by Crippen LogP contribution is 2.37. The minimum absolute atomic E-state index is 0.0836. The van der Waals surface area contributed by atoms with Crippen molar-refractivity contribution in [1.29, 1.82) is 0 Å². The van der Waals surface area contributed by atoms with E-state index in [1.54, 1.807) is 0 Å². The molecule has 0 aromatic rings. The molecular formula is C13H23F4NO. The number of nitrogens with one attached hydrogen (secondary N) is 1. The van der Waals surface area contributed by atoms with Gasteiger partial charge in [0.1, 0.15) is 6.61 Å². The Labute approximate surface area is 111 Å². The summed E-state index contributed by atoms with van der Waals surface area (Å²) in [5.41, 5.74) is -0.0843. The zero-order valence-electron chi connectivity index (χ0n) is 11.7. The van der Waals surface area contributed by atoms with Gasteiger partial charge in [0.2, 0.25) is 0 Å². The Balaban J connectivity index is 2.64. The molecule has 0 aromatic carbocycles. The van der Waals surface area contributed by atoms with E-state index in [1.165, 1.54) is 0 Å². The van der Waals surface area contributed by atoms with Crippen LogP contribution in [0, 0.1) is 5.41 Å². The summed E-state index contributed by atoms with van der Waals surface area (Å²) in [6, 6.07) is -0.0836. The maximum atomic E-state index is 12.9. The van der Waals surface area contributed by atoms with Gasteiger partial charge in [0.15, 0.2) is 0 Å². The lowest BCUT2D eigenvalue weighted by molar-refractivity contribution is -0.185. The van der Waals surface area contributed by atoms with E-state index >= 15 is 0 Å². The third-order valence-electron chi connectivity index (χ3n) is 3.76. The molecule has 0 heterocycles. The van der Waals surface area contributed by atoms with Crippen LogP contribution in [0.1, 0.15) is 40.0 Å². The molecule has 1 aliphatic carbocycles. The van der Waals surface area contributed by atoms with E-state index in [0.29, 0.717) is 13.0 Å². The highest BCUT2D eigenvalue weighted by Gasteiger charge is 2.44. The molecule has 0 aliphatic heterocycles. The highest BCUT2D eigenvalue weighted by atomic mass is 19.3. The van der Waals surface area contributed by atoms with Gasteiger partial charge in [-0.25, -0.2) is 8.78 Å². The smallest absolute Gasteiger partial charge is 0.330 e. The van der Waals surface area contributed by atoms with Crippen molar-refractivity contribution in [2.24, 2.45) is 5.41 Å². The first-order valence-electron chi connectivity index (χ1n) is 6.71. The maximum Gasteiger partial charge on any atom is 0.330 e. The van der Waals surface area contributed by atoms with Crippen LogP contribution in [-0.2, 0) is 4.74 Å². The average molecular weight is 285 g/mol. The van der Waals surface area contributed by atoms with Crippen LogP contribution in [0.5, 0.6) is 0 Å². The summed E-state index contributed by atoms with van der Waals surface area (Å²) < 4.78 is 55.2. The van der Waals surface area contributed by atoms with Crippen LogP contribution in [0.25, 0.3) is 0 Å². The van der Waals surface area contributed by atoms with E-state index < -0.39 is 25.1 Å². The quantitative estimate of drug-likeness (QED) is 0.755. The largest absolute Gasteiger partial charge is 0.370 e. The molecular weight excluding hydrogens is 262 g/mol. The second kappa shape index (κ2) is 6.39. The zero-order chi connectivity index (χ0) is 14.7. The molecule has 2 nitrogen and oxygen atoms in total. The summed E-state index contributed by atoms with van der Waals surface area (Å²) in [7, 11) is 0. The third kappa shape index (κ3) is 4.31.